The van der Waals surface area contributed by atoms with Crippen LogP contribution in [0.15, 0.2) is 273 Å². The predicted molar refractivity (Wildman–Crippen MR) is 315 cm³/mol. The summed E-state index contributed by atoms with van der Waals surface area (Å²) in [6.45, 7) is 0. The summed E-state index contributed by atoms with van der Waals surface area (Å²) in [6.07, 6.45) is 20.9. The number of ketones is 1. The Hall–Kier alpha value is -7.16. The molecule has 1 fully saturated rings. The second kappa shape index (κ2) is 25.9. The zero-order chi connectivity index (χ0) is 50.5. The molecule has 0 radical (unpaired) electrons. The van der Waals surface area contributed by atoms with Gasteiger partial charge in [0.15, 0.2) is 5.78 Å². The van der Waals surface area contributed by atoms with Gasteiger partial charge in [0.2, 0.25) is 0 Å². The van der Waals surface area contributed by atoms with Crippen molar-refractivity contribution in [1.82, 2.24) is 0 Å². The topological polar surface area (TPSA) is 17.1 Å². The third-order valence-corrected chi connectivity index (χ3v) is 19.0. The number of hydrogen-bond donors (Lipinski definition) is 0. The molecule has 2 aliphatic carbocycles. The van der Waals surface area contributed by atoms with Crippen molar-refractivity contribution >= 4 is 75.0 Å². The van der Waals surface area contributed by atoms with Crippen LogP contribution in [0.5, 0.6) is 0 Å². The van der Waals surface area contributed by atoms with E-state index in [1.54, 1.807) is 0 Å². The summed E-state index contributed by atoms with van der Waals surface area (Å²) in [7, 11) is -1.70. The maximum Gasteiger partial charge on any atom is 2.00 e. The Morgan fingerprint density at radius 3 is 1.25 bits per heavy atom. The van der Waals surface area contributed by atoms with Gasteiger partial charge in [0.25, 0.3) is 0 Å². The molecule has 0 N–H and O–H groups in total. The van der Waals surface area contributed by atoms with E-state index in [2.05, 4.69) is 224 Å². The Morgan fingerprint density at radius 1 is 0.480 bits per heavy atom. The normalized spacial score (nSPS) is 14.6. The molecule has 0 aromatic heterocycles. The monoisotopic (exact) mass is 1100 g/mol. The number of halogens is 1. The first-order valence-electron chi connectivity index (χ1n) is 25.5. The molecule has 0 amide bonds. The van der Waals surface area contributed by atoms with Crippen LogP contribution in [0.3, 0.4) is 0 Å². The molecule has 2 unspecified atom stereocenters. The number of hydrogen-bond acceptors (Lipinski definition) is 1. The third-order valence-electron chi connectivity index (χ3n) is 14.0. The first-order chi connectivity index (χ1) is 36.5. The standard InChI is InChI=1S/C44H32P2.C17H12FO.C9H12.Ru/c1-5-19-35(20-6-1)45(36-21-7-2-8-22-36)41-31-29-33-17-13-15-27-39(33)43(41)44-40-28-16-14-18-34(40)30-32-42(44)46(37-23-9-3-10-24-37)38-25-11-4-12-26-38;1-2-13(14-6-4-3-5-7-14)12-17(19)15-8-10-16(18)11-9-15;1-2-5-9-7-3-6-8(9)4-1;/h1-32H;3-11,13H,12H2;1-2,4-5,8-9H,3,6-7H2;/q;-1;;+2/t;13-;;/m.1../s1. The van der Waals surface area contributed by atoms with Crippen LogP contribution in [-0.2, 0) is 19.5 Å². The van der Waals surface area contributed by atoms with Crippen LogP contribution in [0.2, 0.25) is 0 Å². The second-order valence-electron chi connectivity index (χ2n) is 18.6. The minimum absolute atomic E-state index is 0. The van der Waals surface area contributed by atoms with Crippen molar-refractivity contribution in [2.75, 3.05) is 0 Å². The molecular formula is C70H56FOP2Ru+. The molecule has 1 saturated carbocycles. The molecule has 10 aromatic rings. The van der Waals surface area contributed by atoms with E-state index < -0.39 is 15.8 Å². The Balaban J connectivity index is 0.000000194. The molecule has 1 nitrogen and oxygen atoms in total. The summed E-state index contributed by atoms with van der Waals surface area (Å²) < 4.78 is 12.8. The van der Waals surface area contributed by atoms with Crippen molar-refractivity contribution in [3.05, 3.63) is 296 Å². The van der Waals surface area contributed by atoms with Crippen LogP contribution >= 0.6 is 15.8 Å². The minimum Gasteiger partial charge on any atom is -0.693 e. The summed E-state index contributed by atoms with van der Waals surface area (Å²) in [6, 6.07) is 86.6. The van der Waals surface area contributed by atoms with E-state index in [0.29, 0.717) is 5.56 Å². The molecule has 366 valence electrons. The number of Topliss-reactive ketones (excluding diaryl/α,β-unsaturated/α-hetero) is 1. The fraction of sp³-hybridized carbons (Fsp3) is 0.100. The molecule has 0 aliphatic heterocycles. The Kier molecular flexibility index (Phi) is 18.2. The van der Waals surface area contributed by atoms with Gasteiger partial charge >= 0.3 is 19.5 Å². The summed E-state index contributed by atoms with van der Waals surface area (Å²) in [4.78, 5) is 12.1. The van der Waals surface area contributed by atoms with Gasteiger partial charge in [0.1, 0.15) is 5.82 Å². The van der Waals surface area contributed by atoms with Gasteiger partial charge < -0.3 is 12.3 Å². The van der Waals surface area contributed by atoms with Crippen molar-refractivity contribution in [3.8, 4) is 17.0 Å². The zero-order valence-corrected chi connectivity index (χ0v) is 45.1. The average molecular weight is 1100 g/mol. The first kappa shape index (κ1) is 52.7. The van der Waals surface area contributed by atoms with Crippen LogP contribution in [-0.4, -0.2) is 5.78 Å². The molecule has 0 spiro atoms. The van der Waals surface area contributed by atoms with Gasteiger partial charge in [0, 0.05) is 17.9 Å². The molecular weight excluding hydrogens is 1040 g/mol. The molecule has 12 rings (SSSR count). The van der Waals surface area contributed by atoms with Gasteiger partial charge in [-0.2, -0.15) is 0 Å². The molecule has 10 aromatic carbocycles. The van der Waals surface area contributed by atoms with Gasteiger partial charge in [-0.1, -0.05) is 255 Å². The molecule has 0 saturated heterocycles. The SMILES string of the molecule is C1=CC2CCCC2C=C1.[C-]#C[C@H](CC(=O)c1ccc(F)cc1)c1ccccc1.[Ru+2].c1ccc(P(c2ccccc2)c2ccc3ccccc3c2-c2c(P(c3ccccc3)c3ccccc3)ccc3ccccc23)cc1. The number of benzene rings is 10. The predicted octanol–water partition coefficient (Wildman–Crippen LogP) is 15.5. The number of fused-ring (bicyclic) bond motifs is 3. The molecule has 2 aliphatic rings. The van der Waals surface area contributed by atoms with E-state index in [-0.39, 0.29) is 43.4 Å². The Morgan fingerprint density at radius 2 is 0.853 bits per heavy atom. The maximum atomic E-state index is 12.8. The quantitative estimate of drug-likeness (QED) is 0.0415. The summed E-state index contributed by atoms with van der Waals surface area (Å²) in [5.41, 5.74) is 4.04. The summed E-state index contributed by atoms with van der Waals surface area (Å²) in [5.74, 6) is 3.34. The fourth-order valence-electron chi connectivity index (χ4n) is 10.4. The average Bonchev–Trinajstić information content (AvgIpc) is 3.97. The van der Waals surface area contributed by atoms with E-state index >= 15 is 0 Å². The molecule has 5 heteroatoms. The Labute approximate surface area is 457 Å². The third kappa shape index (κ3) is 12.5. The van der Waals surface area contributed by atoms with Crippen molar-refractivity contribution in [1.29, 1.82) is 0 Å². The second-order valence-corrected chi connectivity index (χ2v) is 23.0. The Bertz CT molecular complexity index is 3300. The van der Waals surface area contributed by atoms with E-state index in [9.17, 15) is 9.18 Å². The van der Waals surface area contributed by atoms with Crippen LogP contribution in [0.1, 0.15) is 47.5 Å². The van der Waals surface area contributed by atoms with Gasteiger partial charge in [0.05, 0.1) is 0 Å². The molecule has 75 heavy (non-hydrogen) atoms. The van der Waals surface area contributed by atoms with E-state index in [4.69, 9.17) is 6.42 Å². The zero-order valence-electron chi connectivity index (χ0n) is 41.6. The minimum atomic E-state index is -0.852. The van der Waals surface area contributed by atoms with E-state index in [1.165, 1.54) is 108 Å². The molecule has 0 heterocycles. The van der Waals surface area contributed by atoms with Crippen molar-refractivity contribution in [2.45, 2.75) is 31.6 Å². The number of carbonyl (C=O) groups excluding carboxylic acids is 1. The fourth-order valence-corrected chi connectivity index (χ4v) is 15.3. The van der Waals surface area contributed by atoms with Crippen LogP contribution in [0.4, 0.5) is 4.39 Å². The van der Waals surface area contributed by atoms with Gasteiger partial charge in [-0.25, -0.2) is 4.39 Å². The van der Waals surface area contributed by atoms with E-state index in [0.717, 1.165) is 17.4 Å². The van der Waals surface area contributed by atoms with Crippen molar-refractivity contribution in [2.24, 2.45) is 11.8 Å². The van der Waals surface area contributed by atoms with Gasteiger partial charge in [-0.05, 0) is 135 Å². The van der Waals surface area contributed by atoms with Crippen molar-refractivity contribution < 1.29 is 28.7 Å². The van der Waals surface area contributed by atoms with Crippen LogP contribution < -0.4 is 31.8 Å². The smallest absolute Gasteiger partial charge is 0.693 e. The number of rotatable bonds is 11. The summed E-state index contributed by atoms with van der Waals surface area (Å²) >= 11 is 0. The van der Waals surface area contributed by atoms with Crippen LogP contribution in [0, 0.1) is 30.0 Å². The van der Waals surface area contributed by atoms with Crippen molar-refractivity contribution in [3.63, 3.8) is 0 Å². The van der Waals surface area contributed by atoms with E-state index in [1.807, 2.05) is 30.3 Å². The largest absolute Gasteiger partial charge is 2.00 e. The van der Waals surface area contributed by atoms with Gasteiger partial charge in [-0.3, -0.25) is 4.79 Å². The number of carbonyl (C=O) groups is 1. The molecule has 3 atom stereocenters. The first-order valence-corrected chi connectivity index (χ1v) is 28.2. The maximum absolute atomic E-state index is 12.8. The van der Waals surface area contributed by atoms with Crippen LogP contribution in [0.25, 0.3) is 32.7 Å². The number of allylic oxidation sites excluding steroid dienone is 4. The summed E-state index contributed by atoms with van der Waals surface area (Å²) in [5, 5.41) is 13.3. The molecule has 0 bridgehead atoms. The van der Waals surface area contributed by atoms with Gasteiger partial charge in [-0.15, -0.1) is 0 Å².